The molecule has 1 heterocycles. The standard InChI is InChI=1S/C14H14N2OS/c1-2-11-5-3-4-6-13(11)17-8-7-14-16-10-12(9-15)18-14/h3-6,10H,2,7-8H2,1H3. The first-order valence-corrected chi connectivity index (χ1v) is 6.70. The molecule has 1 aromatic heterocycles. The molecule has 0 amide bonds. The summed E-state index contributed by atoms with van der Waals surface area (Å²) in [5.41, 5.74) is 1.22. The van der Waals surface area contributed by atoms with Crippen LogP contribution in [0.2, 0.25) is 0 Å². The van der Waals surface area contributed by atoms with Crippen LogP contribution < -0.4 is 4.74 Å². The monoisotopic (exact) mass is 258 g/mol. The Hall–Kier alpha value is -1.86. The largest absolute Gasteiger partial charge is 0.493 e. The van der Waals surface area contributed by atoms with E-state index in [0.29, 0.717) is 11.5 Å². The molecule has 0 spiro atoms. The summed E-state index contributed by atoms with van der Waals surface area (Å²) in [6.45, 7) is 2.71. The van der Waals surface area contributed by atoms with Gasteiger partial charge in [0.05, 0.1) is 17.8 Å². The van der Waals surface area contributed by atoms with Gasteiger partial charge in [-0.2, -0.15) is 5.26 Å². The van der Waals surface area contributed by atoms with E-state index in [4.69, 9.17) is 10.00 Å². The Labute approximate surface area is 111 Å². The molecule has 4 heteroatoms. The van der Waals surface area contributed by atoms with Crippen molar-refractivity contribution in [2.24, 2.45) is 0 Å². The van der Waals surface area contributed by atoms with Gasteiger partial charge in [0, 0.05) is 6.42 Å². The predicted octanol–water partition coefficient (Wildman–Crippen LogP) is 3.20. The summed E-state index contributed by atoms with van der Waals surface area (Å²) in [5, 5.41) is 9.66. The smallest absolute Gasteiger partial charge is 0.124 e. The molecule has 0 unspecified atom stereocenters. The normalized spacial score (nSPS) is 10.0. The van der Waals surface area contributed by atoms with Crippen molar-refractivity contribution in [3.63, 3.8) is 0 Å². The molecule has 0 aliphatic carbocycles. The number of hydrogen-bond donors (Lipinski definition) is 0. The third-order valence-electron chi connectivity index (χ3n) is 2.59. The van der Waals surface area contributed by atoms with Crippen molar-refractivity contribution in [2.45, 2.75) is 19.8 Å². The summed E-state index contributed by atoms with van der Waals surface area (Å²) >= 11 is 1.43. The molecule has 0 atom stereocenters. The van der Waals surface area contributed by atoms with Crippen LogP contribution in [-0.2, 0) is 12.8 Å². The van der Waals surface area contributed by atoms with Crippen LogP contribution >= 0.6 is 11.3 Å². The van der Waals surface area contributed by atoms with Gasteiger partial charge in [-0.05, 0) is 18.1 Å². The van der Waals surface area contributed by atoms with Crippen molar-refractivity contribution >= 4 is 11.3 Å². The van der Waals surface area contributed by atoms with Crippen molar-refractivity contribution in [3.8, 4) is 11.8 Å². The molecule has 3 nitrogen and oxygen atoms in total. The lowest BCUT2D eigenvalue weighted by molar-refractivity contribution is 0.318. The van der Waals surface area contributed by atoms with Crippen LogP contribution in [0.3, 0.4) is 0 Å². The number of aromatic nitrogens is 1. The summed E-state index contributed by atoms with van der Waals surface area (Å²) < 4.78 is 5.76. The first kappa shape index (κ1) is 12.6. The fourth-order valence-corrected chi connectivity index (χ4v) is 2.36. The molecule has 0 radical (unpaired) electrons. The minimum Gasteiger partial charge on any atom is -0.493 e. The Morgan fingerprint density at radius 1 is 1.39 bits per heavy atom. The third kappa shape index (κ3) is 3.08. The SMILES string of the molecule is CCc1ccccc1OCCc1ncc(C#N)s1. The highest BCUT2D eigenvalue weighted by Crippen LogP contribution is 2.19. The number of rotatable bonds is 5. The topological polar surface area (TPSA) is 45.9 Å². The highest BCUT2D eigenvalue weighted by atomic mass is 32.1. The molecule has 0 aliphatic heterocycles. The Balaban J connectivity index is 1.90. The first-order valence-electron chi connectivity index (χ1n) is 5.89. The lowest BCUT2D eigenvalue weighted by Gasteiger charge is -2.09. The maximum absolute atomic E-state index is 8.71. The number of aryl methyl sites for hydroxylation is 1. The fraction of sp³-hybridized carbons (Fsp3) is 0.286. The zero-order valence-electron chi connectivity index (χ0n) is 10.2. The van der Waals surface area contributed by atoms with Crippen LogP contribution in [0.25, 0.3) is 0 Å². The van der Waals surface area contributed by atoms with Gasteiger partial charge < -0.3 is 4.74 Å². The Bertz CT molecular complexity index is 557. The average molecular weight is 258 g/mol. The molecule has 0 N–H and O–H groups in total. The van der Waals surface area contributed by atoms with Crippen molar-refractivity contribution in [1.82, 2.24) is 4.98 Å². The maximum Gasteiger partial charge on any atom is 0.124 e. The number of ether oxygens (including phenoxy) is 1. The van der Waals surface area contributed by atoms with Gasteiger partial charge in [-0.1, -0.05) is 25.1 Å². The van der Waals surface area contributed by atoms with Crippen LogP contribution in [0.15, 0.2) is 30.5 Å². The van der Waals surface area contributed by atoms with Gasteiger partial charge in [0.1, 0.15) is 16.7 Å². The van der Waals surface area contributed by atoms with Gasteiger partial charge in [0.2, 0.25) is 0 Å². The Morgan fingerprint density at radius 3 is 2.94 bits per heavy atom. The summed E-state index contributed by atoms with van der Waals surface area (Å²) in [6, 6.07) is 10.1. The molecule has 2 aromatic rings. The predicted molar refractivity (Wildman–Crippen MR) is 71.8 cm³/mol. The molecule has 2 rings (SSSR count). The second-order valence-electron chi connectivity index (χ2n) is 3.79. The summed E-state index contributed by atoms with van der Waals surface area (Å²) in [4.78, 5) is 4.83. The highest BCUT2D eigenvalue weighted by Gasteiger charge is 2.03. The quantitative estimate of drug-likeness (QED) is 0.827. The second kappa shape index (κ2) is 6.18. The summed E-state index contributed by atoms with van der Waals surface area (Å²) in [5.74, 6) is 0.942. The van der Waals surface area contributed by atoms with Gasteiger partial charge in [-0.15, -0.1) is 11.3 Å². The van der Waals surface area contributed by atoms with Crippen LogP contribution in [-0.4, -0.2) is 11.6 Å². The van der Waals surface area contributed by atoms with Gasteiger partial charge >= 0.3 is 0 Å². The van der Waals surface area contributed by atoms with Crippen LogP contribution in [0.1, 0.15) is 22.4 Å². The van der Waals surface area contributed by atoms with E-state index >= 15 is 0 Å². The van der Waals surface area contributed by atoms with Crippen molar-refractivity contribution in [1.29, 1.82) is 5.26 Å². The Morgan fingerprint density at radius 2 is 2.22 bits per heavy atom. The van der Waals surface area contributed by atoms with E-state index in [1.807, 2.05) is 18.2 Å². The lowest BCUT2D eigenvalue weighted by Crippen LogP contribution is -2.02. The minimum absolute atomic E-state index is 0.593. The molecule has 0 saturated carbocycles. The van der Waals surface area contributed by atoms with Crippen molar-refractivity contribution < 1.29 is 4.74 Å². The van der Waals surface area contributed by atoms with E-state index in [1.165, 1.54) is 16.9 Å². The van der Waals surface area contributed by atoms with Gasteiger partial charge in [0.15, 0.2) is 0 Å². The summed E-state index contributed by atoms with van der Waals surface area (Å²) in [7, 11) is 0. The zero-order chi connectivity index (χ0) is 12.8. The number of thiazole rings is 1. The zero-order valence-corrected chi connectivity index (χ0v) is 11.0. The Kier molecular flexibility index (Phi) is 4.32. The number of nitriles is 1. The molecule has 0 fully saturated rings. The lowest BCUT2D eigenvalue weighted by atomic mass is 10.1. The van der Waals surface area contributed by atoms with E-state index in [0.717, 1.165) is 23.6 Å². The molecule has 0 aliphatic rings. The van der Waals surface area contributed by atoms with Gasteiger partial charge in [-0.3, -0.25) is 0 Å². The summed E-state index contributed by atoms with van der Waals surface area (Å²) in [6.07, 6.45) is 3.32. The van der Waals surface area contributed by atoms with Crippen LogP contribution in [0.5, 0.6) is 5.75 Å². The molecule has 92 valence electrons. The molecular weight excluding hydrogens is 244 g/mol. The first-order chi connectivity index (χ1) is 8.83. The van der Waals surface area contributed by atoms with E-state index in [-0.39, 0.29) is 0 Å². The van der Waals surface area contributed by atoms with Gasteiger partial charge in [0.25, 0.3) is 0 Å². The third-order valence-corrected chi connectivity index (χ3v) is 3.55. The number of hydrogen-bond acceptors (Lipinski definition) is 4. The average Bonchev–Trinajstić information content (AvgIpc) is 2.87. The molecule has 0 saturated heterocycles. The van der Waals surface area contributed by atoms with Crippen LogP contribution in [0, 0.1) is 11.3 Å². The van der Waals surface area contributed by atoms with E-state index in [2.05, 4.69) is 24.0 Å². The number of nitrogens with zero attached hydrogens (tertiary/aromatic N) is 2. The molecule has 1 aromatic carbocycles. The molecule has 18 heavy (non-hydrogen) atoms. The molecular formula is C14H14N2OS. The number of benzene rings is 1. The van der Waals surface area contributed by atoms with E-state index < -0.39 is 0 Å². The highest BCUT2D eigenvalue weighted by molar-refractivity contribution is 7.12. The fourth-order valence-electron chi connectivity index (χ4n) is 1.66. The van der Waals surface area contributed by atoms with Crippen molar-refractivity contribution in [3.05, 3.63) is 45.9 Å². The number of para-hydroxylation sites is 1. The molecule has 0 bridgehead atoms. The van der Waals surface area contributed by atoms with Gasteiger partial charge in [-0.25, -0.2) is 4.98 Å². The van der Waals surface area contributed by atoms with Crippen LogP contribution in [0.4, 0.5) is 0 Å². The van der Waals surface area contributed by atoms with E-state index in [9.17, 15) is 0 Å². The van der Waals surface area contributed by atoms with Crippen molar-refractivity contribution in [2.75, 3.05) is 6.61 Å². The minimum atomic E-state index is 0.593. The maximum atomic E-state index is 8.71. The second-order valence-corrected chi connectivity index (χ2v) is 4.90. The van der Waals surface area contributed by atoms with E-state index in [1.54, 1.807) is 6.20 Å².